The molecule has 6 nitrogen and oxygen atoms in total. The number of imide groups is 1. The van der Waals surface area contributed by atoms with Crippen molar-refractivity contribution in [2.75, 3.05) is 18.4 Å². The first-order chi connectivity index (χ1) is 12.8. The van der Waals surface area contributed by atoms with E-state index in [1.807, 2.05) is 0 Å². The maximum absolute atomic E-state index is 12.7. The van der Waals surface area contributed by atoms with Gasteiger partial charge in [0.25, 0.3) is 11.8 Å². The summed E-state index contributed by atoms with van der Waals surface area (Å²) in [5.74, 6) is -0.897. The van der Waals surface area contributed by atoms with Crippen molar-refractivity contribution >= 4 is 23.5 Å². The van der Waals surface area contributed by atoms with E-state index in [0.717, 1.165) is 17.0 Å². The zero-order valence-electron chi connectivity index (χ0n) is 13.8. The number of carbonyl (C=O) groups excluding carboxylic acids is 3. The van der Waals surface area contributed by atoms with Crippen LogP contribution in [0.5, 0.6) is 0 Å². The Labute approximate surface area is 152 Å². The molecule has 0 radical (unpaired) electrons. The van der Waals surface area contributed by atoms with Gasteiger partial charge in [-0.05, 0) is 30.3 Å². The number of benzene rings is 2. The quantitative estimate of drug-likeness (QED) is 0.804. The van der Waals surface area contributed by atoms with E-state index in [2.05, 4.69) is 10.6 Å². The molecule has 2 aromatic carbocycles. The third-order valence-electron chi connectivity index (χ3n) is 3.95. The molecule has 1 aliphatic rings. The predicted octanol–water partition coefficient (Wildman–Crippen LogP) is 3.12. The van der Waals surface area contributed by atoms with Crippen LogP contribution in [0.3, 0.4) is 0 Å². The lowest BCUT2D eigenvalue weighted by molar-refractivity contribution is -0.137. The molecule has 9 heteroatoms. The highest BCUT2D eigenvalue weighted by molar-refractivity contribution is 6.21. The summed E-state index contributed by atoms with van der Waals surface area (Å²) >= 11 is 0. The summed E-state index contributed by atoms with van der Waals surface area (Å²) < 4.78 is 38.0. The van der Waals surface area contributed by atoms with Crippen LogP contribution in [0.1, 0.15) is 26.3 Å². The van der Waals surface area contributed by atoms with Crippen molar-refractivity contribution in [1.29, 1.82) is 0 Å². The Morgan fingerprint density at radius 2 is 1.59 bits per heavy atom. The number of hydrogen-bond acceptors (Lipinski definition) is 3. The van der Waals surface area contributed by atoms with Crippen LogP contribution in [0.15, 0.2) is 48.5 Å². The molecule has 4 amide bonds. The Kier molecular flexibility index (Phi) is 4.85. The van der Waals surface area contributed by atoms with Crippen molar-refractivity contribution in [2.24, 2.45) is 0 Å². The second-order valence-corrected chi connectivity index (χ2v) is 5.77. The van der Waals surface area contributed by atoms with Gasteiger partial charge in [-0.15, -0.1) is 0 Å². The van der Waals surface area contributed by atoms with Gasteiger partial charge in [0.05, 0.1) is 16.7 Å². The van der Waals surface area contributed by atoms with Gasteiger partial charge in [-0.1, -0.05) is 18.2 Å². The number of carbonyl (C=O) groups is 3. The smallest absolute Gasteiger partial charge is 0.336 e. The summed E-state index contributed by atoms with van der Waals surface area (Å²) in [4.78, 5) is 37.2. The largest absolute Gasteiger partial charge is 0.416 e. The van der Waals surface area contributed by atoms with Gasteiger partial charge in [-0.25, -0.2) is 4.79 Å². The molecule has 27 heavy (non-hydrogen) atoms. The lowest BCUT2D eigenvalue weighted by Gasteiger charge is -2.15. The van der Waals surface area contributed by atoms with Crippen molar-refractivity contribution in [1.82, 2.24) is 10.2 Å². The van der Waals surface area contributed by atoms with Crippen LogP contribution < -0.4 is 10.6 Å². The van der Waals surface area contributed by atoms with Gasteiger partial charge < -0.3 is 10.6 Å². The maximum atomic E-state index is 12.7. The second-order valence-electron chi connectivity index (χ2n) is 5.77. The maximum Gasteiger partial charge on any atom is 0.416 e. The van der Waals surface area contributed by atoms with Crippen LogP contribution >= 0.6 is 0 Å². The summed E-state index contributed by atoms with van der Waals surface area (Å²) in [5.41, 5.74) is -0.304. The number of amides is 4. The van der Waals surface area contributed by atoms with Gasteiger partial charge in [0.1, 0.15) is 0 Å². The zero-order valence-corrected chi connectivity index (χ0v) is 13.8. The fourth-order valence-corrected chi connectivity index (χ4v) is 2.67. The predicted molar refractivity (Wildman–Crippen MR) is 90.3 cm³/mol. The normalized spacial score (nSPS) is 13.5. The Morgan fingerprint density at radius 1 is 0.963 bits per heavy atom. The first-order valence-electron chi connectivity index (χ1n) is 7.95. The van der Waals surface area contributed by atoms with Crippen molar-refractivity contribution in [2.45, 2.75) is 6.18 Å². The van der Waals surface area contributed by atoms with Gasteiger partial charge in [-0.2, -0.15) is 13.2 Å². The second kappa shape index (κ2) is 7.10. The van der Waals surface area contributed by atoms with Crippen molar-refractivity contribution in [3.8, 4) is 0 Å². The average molecular weight is 377 g/mol. The highest BCUT2D eigenvalue weighted by Crippen LogP contribution is 2.30. The van der Waals surface area contributed by atoms with Crippen LogP contribution in [0.4, 0.5) is 23.7 Å². The third kappa shape index (κ3) is 3.91. The van der Waals surface area contributed by atoms with Gasteiger partial charge in [-0.3, -0.25) is 14.5 Å². The first kappa shape index (κ1) is 18.4. The minimum atomic E-state index is -4.51. The number of rotatable bonds is 4. The fraction of sp³-hybridized carbons (Fsp3) is 0.167. The monoisotopic (exact) mass is 377 g/mol. The topological polar surface area (TPSA) is 78.5 Å². The lowest BCUT2D eigenvalue weighted by Crippen LogP contribution is -2.39. The molecule has 1 aliphatic heterocycles. The molecule has 0 atom stereocenters. The Balaban J connectivity index is 1.54. The molecular weight excluding hydrogens is 363 g/mol. The number of nitrogens with zero attached hydrogens (tertiary/aromatic N) is 1. The van der Waals surface area contributed by atoms with Gasteiger partial charge in [0.2, 0.25) is 0 Å². The molecule has 0 saturated carbocycles. The number of halogens is 3. The van der Waals surface area contributed by atoms with E-state index in [1.165, 1.54) is 12.1 Å². The molecule has 1 heterocycles. The number of anilines is 1. The van der Waals surface area contributed by atoms with E-state index in [-0.39, 0.29) is 18.8 Å². The van der Waals surface area contributed by atoms with Crippen LogP contribution in [0.25, 0.3) is 0 Å². The van der Waals surface area contributed by atoms with Crippen LogP contribution in [0.2, 0.25) is 0 Å². The molecule has 2 N–H and O–H groups in total. The van der Waals surface area contributed by atoms with E-state index in [4.69, 9.17) is 0 Å². The van der Waals surface area contributed by atoms with E-state index in [9.17, 15) is 27.6 Å². The number of urea groups is 1. The third-order valence-corrected chi connectivity index (χ3v) is 3.95. The summed E-state index contributed by atoms with van der Waals surface area (Å²) in [6.45, 7) is -0.0986. The lowest BCUT2D eigenvalue weighted by atomic mass is 10.1. The van der Waals surface area contributed by atoms with E-state index in [0.29, 0.717) is 11.1 Å². The van der Waals surface area contributed by atoms with Crippen LogP contribution in [-0.4, -0.2) is 35.8 Å². The van der Waals surface area contributed by atoms with E-state index >= 15 is 0 Å². The summed E-state index contributed by atoms with van der Waals surface area (Å²) in [6, 6.07) is 9.84. The fourth-order valence-electron chi connectivity index (χ4n) is 2.67. The molecule has 3 rings (SSSR count). The first-order valence-corrected chi connectivity index (χ1v) is 7.95. The standard InChI is InChI=1S/C18H14F3N3O3/c19-18(20,21)11-4-3-5-12(10-11)23-17(27)22-8-9-24-15(25)13-6-1-2-7-14(13)16(24)26/h1-7,10H,8-9H2,(H2,22,23,27). The van der Waals surface area contributed by atoms with Crippen LogP contribution in [-0.2, 0) is 6.18 Å². The summed E-state index contributed by atoms with van der Waals surface area (Å²) in [7, 11) is 0. The SMILES string of the molecule is O=C(NCCN1C(=O)c2ccccc2C1=O)Nc1cccc(C(F)(F)F)c1. The highest BCUT2D eigenvalue weighted by Gasteiger charge is 2.34. The van der Waals surface area contributed by atoms with Gasteiger partial charge in [0.15, 0.2) is 0 Å². The Hall–Kier alpha value is -3.36. The Morgan fingerprint density at radius 3 is 2.19 bits per heavy atom. The number of alkyl halides is 3. The molecule has 0 spiro atoms. The molecule has 0 fully saturated rings. The van der Waals surface area contributed by atoms with Crippen LogP contribution in [0, 0.1) is 0 Å². The van der Waals surface area contributed by atoms with Crippen molar-refractivity contribution < 1.29 is 27.6 Å². The molecule has 0 bridgehead atoms. The Bertz CT molecular complexity index is 877. The zero-order chi connectivity index (χ0) is 19.6. The highest BCUT2D eigenvalue weighted by atomic mass is 19.4. The minimum Gasteiger partial charge on any atom is -0.336 e. The van der Waals surface area contributed by atoms with E-state index < -0.39 is 29.6 Å². The van der Waals surface area contributed by atoms with Crippen molar-refractivity contribution in [3.05, 3.63) is 65.2 Å². The summed E-state index contributed by atoms with van der Waals surface area (Å²) in [5, 5.41) is 4.69. The minimum absolute atomic E-state index is 0.0249. The van der Waals surface area contributed by atoms with Gasteiger partial charge in [0, 0.05) is 18.8 Å². The number of hydrogen-bond donors (Lipinski definition) is 2. The molecule has 0 unspecified atom stereocenters. The molecular formula is C18H14F3N3O3. The number of nitrogens with one attached hydrogen (secondary N) is 2. The van der Waals surface area contributed by atoms with E-state index in [1.54, 1.807) is 24.3 Å². The molecule has 0 aromatic heterocycles. The average Bonchev–Trinajstić information content (AvgIpc) is 2.86. The number of fused-ring (bicyclic) bond motifs is 1. The molecule has 0 aliphatic carbocycles. The van der Waals surface area contributed by atoms with Gasteiger partial charge >= 0.3 is 12.2 Å². The molecule has 2 aromatic rings. The molecule has 0 saturated heterocycles. The van der Waals surface area contributed by atoms with Crippen molar-refractivity contribution in [3.63, 3.8) is 0 Å². The molecule has 140 valence electrons. The summed E-state index contributed by atoms with van der Waals surface area (Å²) in [6.07, 6.45) is -4.51.